The molecular formula is C12H16N6S. The minimum Gasteiger partial charge on any atom is -0.373 e. The maximum atomic E-state index is 4.48. The fourth-order valence-corrected chi connectivity index (χ4v) is 3.17. The number of rotatable bonds is 4. The minimum absolute atomic E-state index is 0.449. The van der Waals surface area contributed by atoms with Crippen molar-refractivity contribution < 1.29 is 0 Å². The number of pyridine rings is 1. The third-order valence-corrected chi connectivity index (χ3v) is 4.20. The number of aromatic nitrogens is 5. The molecule has 0 aliphatic heterocycles. The van der Waals surface area contributed by atoms with Gasteiger partial charge in [-0.05, 0) is 47.2 Å². The summed E-state index contributed by atoms with van der Waals surface area (Å²) in [5.41, 5.74) is 0. The average molecular weight is 276 g/mol. The molecule has 1 fully saturated rings. The van der Waals surface area contributed by atoms with Crippen molar-refractivity contribution in [1.82, 2.24) is 25.2 Å². The van der Waals surface area contributed by atoms with E-state index in [0.717, 1.165) is 16.0 Å². The third kappa shape index (κ3) is 2.70. The zero-order valence-electron chi connectivity index (χ0n) is 10.8. The molecule has 7 heteroatoms. The van der Waals surface area contributed by atoms with Gasteiger partial charge in [0, 0.05) is 7.05 Å². The highest BCUT2D eigenvalue weighted by molar-refractivity contribution is 7.99. The van der Waals surface area contributed by atoms with E-state index in [4.69, 9.17) is 0 Å². The molecule has 19 heavy (non-hydrogen) atoms. The normalized spacial score (nSPS) is 15.8. The fourth-order valence-electron chi connectivity index (χ4n) is 2.34. The largest absolute Gasteiger partial charge is 0.373 e. The highest BCUT2D eigenvalue weighted by atomic mass is 32.2. The number of nitrogens with zero attached hydrogens (tertiary/aromatic N) is 5. The van der Waals surface area contributed by atoms with E-state index in [0.29, 0.717) is 6.04 Å². The van der Waals surface area contributed by atoms with Gasteiger partial charge in [0.15, 0.2) is 0 Å². The van der Waals surface area contributed by atoms with Crippen LogP contribution < -0.4 is 5.32 Å². The summed E-state index contributed by atoms with van der Waals surface area (Å²) in [6.45, 7) is 0. The smallest absolute Gasteiger partial charge is 0.215 e. The summed E-state index contributed by atoms with van der Waals surface area (Å²) in [5, 5.41) is 16.8. The molecule has 0 spiro atoms. The maximum Gasteiger partial charge on any atom is 0.215 e. The zero-order valence-corrected chi connectivity index (χ0v) is 11.6. The second-order valence-corrected chi connectivity index (χ2v) is 5.54. The Balaban J connectivity index is 1.81. The predicted octanol–water partition coefficient (Wildman–Crippen LogP) is 2.38. The number of hydrogen-bond donors (Lipinski definition) is 1. The Hall–Kier alpha value is -1.63. The molecule has 1 aliphatic rings. The van der Waals surface area contributed by atoms with Gasteiger partial charge in [0.1, 0.15) is 10.8 Å². The molecule has 0 atom stereocenters. The summed E-state index contributed by atoms with van der Waals surface area (Å²) >= 11 is 1.51. The molecule has 0 amide bonds. The molecule has 1 N–H and O–H groups in total. The highest BCUT2D eigenvalue weighted by Crippen LogP contribution is 2.33. The average Bonchev–Trinajstić information content (AvgIpc) is 3.09. The summed E-state index contributed by atoms with van der Waals surface area (Å²) < 4.78 is 1.95. The summed E-state index contributed by atoms with van der Waals surface area (Å²) in [6.07, 6.45) is 4.87. The first-order valence-electron chi connectivity index (χ1n) is 6.47. The van der Waals surface area contributed by atoms with Crippen LogP contribution in [0, 0.1) is 0 Å². The van der Waals surface area contributed by atoms with Crippen molar-refractivity contribution in [3.63, 3.8) is 0 Å². The van der Waals surface area contributed by atoms with Gasteiger partial charge in [0.2, 0.25) is 5.16 Å². The Kier molecular flexibility index (Phi) is 3.63. The first-order valence-corrected chi connectivity index (χ1v) is 7.29. The van der Waals surface area contributed by atoms with E-state index >= 15 is 0 Å². The van der Waals surface area contributed by atoms with Crippen LogP contribution >= 0.6 is 11.8 Å². The fraction of sp³-hybridized carbons (Fsp3) is 0.500. The molecule has 0 aromatic carbocycles. The lowest BCUT2D eigenvalue weighted by atomic mass is 10.3. The van der Waals surface area contributed by atoms with Crippen LogP contribution in [0.2, 0.25) is 0 Å². The van der Waals surface area contributed by atoms with Crippen LogP contribution in [0.4, 0.5) is 5.82 Å². The van der Waals surface area contributed by atoms with Gasteiger partial charge >= 0.3 is 0 Å². The second kappa shape index (κ2) is 5.56. The topological polar surface area (TPSA) is 68.5 Å². The van der Waals surface area contributed by atoms with Gasteiger partial charge in [0.25, 0.3) is 0 Å². The van der Waals surface area contributed by atoms with Crippen molar-refractivity contribution in [3.05, 3.63) is 18.2 Å². The van der Waals surface area contributed by atoms with Crippen LogP contribution in [-0.2, 0) is 0 Å². The number of nitrogens with one attached hydrogen (secondary N) is 1. The van der Waals surface area contributed by atoms with E-state index < -0.39 is 0 Å². The van der Waals surface area contributed by atoms with Crippen molar-refractivity contribution in [2.24, 2.45) is 0 Å². The molecule has 6 nitrogen and oxygen atoms in total. The quantitative estimate of drug-likeness (QED) is 0.924. The van der Waals surface area contributed by atoms with E-state index in [1.165, 1.54) is 37.4 Å². The van der Waals surface area contributed by atoms with Crippen LogP contribution in [0.25, 0.3) is 0 Å². The SMILES string of the molecule is CNc1cccc(Sc2nnnn2C2CCCC2)n1. The molecule has 0 unspecified atom stereocenters. The lowest BCUT2D eigenvalue weighted by Gasteiger charge is -2.10. The van der Waals surface area contributed by atoms with E-state index in [-0.39, 0.29) is 0 Å². The standard InChI is InChI=1S/C12H16N6S/c1-13-10-7-4-8-11(14-10)19-12-15-16-17-18(12)9-5-2-3-6-9/h4,7-9H,2-3,5-6H2,1H3,(H,13,14). The molecule has 100 valence electrons. The van der Waals surface area contributed by atoms with Crippen molar-refractivity contribution in [1.29, 1.82) is 0 Å². The summed E-state index contributed by atoms with van der Waals surface area (Å²) in [4.78, 5) is 4.48. The van der Waals surface area contributed by atoms with Crippen LogP contribution in [0.5, 0.6) is 0 Å². The first kappa shape index (κ1) is 12.4. The lowest BCUT2D eigenvalue weighted by molar-refractivity contribution is 0.423. The number of anilines is 1. The number of tetrazole rings is 1. The Morgan fingerprint density at radius 1 is 1.32 bits per heavy atom. The van der Waals surface area contributed by atoms with Crippen molar-refractivity contribution in [2.45, 2.75) is 41.9 Å². The molecule has 0 saturated heterocycles. The van der Waals surface area contributed by atoms with Crippen LogP contribution in [-0.4, -0.2) is 32.2 Å². The van der Waals surface area contributed by atoms with E-state index in [1.807, 2.05) is 29.9 Å². The molecule has 1 aliphatic carbocycles. The second-order valence-electron chi connectivity index (χ2n) is 4.56. The molecular weight excluding hydrogens is 260 g/mol. The van der Waals surface area contributed by atoms with Crippen molar-refractivity contribution in [3.8, 4) is 0 Å². The van der Waals surface area contributed by atoms with Gasteiger partial charge in [0.05, 0.1) is 6.04 Å². The summed E-state index contributed by atoms with van der Waals surface area (Å²) in [7, 11) is 1.86. The lowest BCUT2D eigenvalue weighted by Crippen LogP contribution is -2.08. The molecule has 2 aromatic heterocycles. The zero-order chi connectivity index (χ0) is 13.1. The van der Waals surface area contributed by atoms with E-state index in [1.54, 1.807) is 0 Å². The summed E-state index contributed by atoms with van der Waals surface area (Å²) in [5.74, 6) is 0.852. The van der Waals surface area contributed by atoms with Gasteiger partial charge < -0.3 is 5.32 Å². The maximum absolute atomic E-state index is 4.48. The van der Waals surface area contributed by atoms with Gasteiger partial charge in [-0.2, -0.15) is 0 Å². The Bertz CT molecular complexity index is 549. The van der Waals surface area contributed by atoms with Gasteiger partial charge in [-0.1, -0.05) is 18.9 Å². The molecule has 1 saturated carbocycles. The molecule has 2 aromatic rings. The van der Waals surface area contributed by atoms with E-state index in [2.05, 4.69) is 25.8 Å². The Morgan fingerprint density at radius 3 is 2.95 bits per heavy atom. The van der Waals surface area contributed by atoms with Gasteiger partial charge in [-0.15, -0.1) is 5.10 Å². The molecule has 0 bridgehead atoms. The van der Waals surface area contributed by atoms with Crippen molar-refractivity contribution in [2.75, 3.05) is 12.4 Å². The Labute approximate surface area is 116 Å². The van der Waals surface area contributed by atoms with Crippen LogP contribution in [0.1, 0.15) is 31.7 Å². The van der Waals surface area contributed by atoms with Crippen LogP contribution in [0.15, 0.2) is 28.4 Å². The third-order valence-electron chi connectivity index (χ3n) is 3.31. The van der Waals surface area contributed by atoms with Gasteiger partial charge in [-0.25, -0.2) is 9.67 Å². The molecule has 2 heterocycles. The Morgan fingerprint density at radius 2 is 2.16 bits per heavy atom. The van der Waals surface area contributed by atoms with Crippen LogP contribution in [0.3, 0.4) is 0 Å². The monoisotopic (exact) mass is 276 g/mol. The highest BCUT2D eigenvalue weighted by Gasteiger charge is 2.22. The summed E-state index contributed by atoms with van der Waals surface area (Å²) in [6, 6.07) is 6.33. The molecule has 3 rings (SSSR count). The van der Waals surface area contributed by atoms with E-state index in [9.17, 15) is 0 Å². The number of hydrogen-bond acceptors (Lipinski definition) is 6. The predicted molar refractivity (Wildman–Crippen MR) is 73.2 cm³/mol. The molecule has 0 radical (unpaired) electrons. The van der Waals surface area contributed by atoms with Crippen molar-refractivity contribution >= 4 is 17.6 Å². The minimum atomic E-state index is 0.449. The van der Waals surface area contributed by atoms with Gasteiger partial charge in [-0.3, -0.25) is 0 Å². The first-order chi connectivity index (χ1) is 9.36.